The molecular formula is C16H20F3N5O2. The second-order valence-corrected chi connectivity index (χ2v) is 6.38. The molecule has 0 aliphatic carbocycles. The van der Waals surface area contributed by atoms with Crippen LogP contribution in [0.4, 0.5) is 24.7 Å². The first-order valence-electron chi connectivity index (χ1n) is 8.38. The number of hydrogen-bond donors (Lipinski definition) is 2. The van der Waals surface area contributed by atoms with Gasteiger partial charge in [-0.1, -0.05) is 19.3 Å². The number of anilines is 2. The molecule has 1 atom stereocenters. The standard InChI is InChI=1S/C16H20F3N5O2/c1-24-7-5-3-2-4-6-11(25)14-22-23-15(26-14)12-10(20)8-9(13(24)21-12)16(17,18)19/h8,11,25H,2-7,20H2,1H3. The zero-order valence-corrected chi connectivity index (χ0v) is 14.3. The van der Waals surface area contributed by atoms with Crippen LogP contribution in [-0.2, 0) is 6.18 Å². The normalized spacial score (nSPS) is 19.3. The van der Waals surface area contributed by atoms with Crippen molar-refractivity contribution < 1.29 is 22.7 Å². The molecule has 1 aliphatic rings. The monoisotopic (exact) mass is 371 g/mol. The molecule has 0 saturated heterocycles. The molecule has 1 unspecified atom stereocenters. The Morgan fingerprint density at radius 2 is 1.96 bits per heavy atom. The van der Waals surface area contributed by atoms with Gasteiger partial charge in [-0.05, 0) is 18.9 Å². The van der Waals surface area contributed by atoms with E-state index in [2.05, 4.69) is 15.2 Å². The molecule has 142 valence electrons. The average Bonchev–Trinajstić information content (AvgIpc) is 3.05. The van der Waals surface area contributed by atoms with Gasteiger partial charge in [-0.2, -0.15) is 13.2 Å². The lowest BCUT2D eigenvalue weighted by Gasteiger charge is -2.23. The molecule has 7 nitrogen and oxygen atoms in total. The van der Waals surface area contributed by atoms with E-state index in [1.54, 1.807) is 7.05 Å². The fraction of sp³-hybridized carbons (Fsp3) is 0.562. The third-order valence-corrected chi connectivity index (χ3v) is 4.35. The predicted octanol–water partition coefficient (Wildman–Crippen LogP) is 3.17. The minimum Gasteiger partial charge on any atom is -0.416 e. The number of aliphatic hydroxyl groups excluding tert-OH is 1. The fourth-order valence-corrected chi connectivity index (χ4v) is 2.92. The van der Waals surface area contributed by atoms with E-state index in [9.17, 15) is 18.3 Å². The van der Waals surface area contributed by atoms with Gasteiger partial charge >= 0.3 is 6.18 Å². The maximum absolute atomic E-state index is 13.4. The maximum Gasteiger partial charge on any atom is 0.420 e. The van der Waals surface area contributed by atoms with Crippen LogP contribution in [-0.4, -0.2) is 33.9 Å². The van der Waals surface area contributed by atoms with Crippen LogP contribution in [0.25, 0.3) is 11.6 Å². The Bertz CT molecular complexity index is 778. The second-order valence-electron chi connectivity index (χ2n) is 6.38. The van der Waals surface area contributed by atoms with E-state index in [1.807, 2.05) is 0 Å². The number of halogens is 3. The number of hydrogen-bond acceptors (Lipinski definition) is 7. The highest BCUT2D eigenvalue weighted by molar-refractivity contribution is 5.71. The van der Waals surface area contributed by atoms with Crippen molar-refractivity contribution in [3.8, 4) is 11.6 Å². The highest BCUT2D eigenvalue weighted by atomic mass is 19.4. The average molecular weight is 371 g/mol. The summed E-state index contributed by atoms with van der Waals surface area (Å²) in [5, 5.41) is 17.7. The van der Waals surface area contributed by atoms with Gasteiger partial charge in [0.05, 0.1) is 5.69 Å². The number of pyridine rings is 1. The van der Waals surface area contributed by atoms with E-state index in [0.717, 1.165) is 25.3 Å². The van der Waals surface area contributed by atoms with Crippen LogP contribution in [0.2, 0.25) is 0 Å². The Balaban J connectivity index is 2.12. The van der Waals surface area contributed by atoms with Crippen molar-refractivity contribution in [2.45, 2.75) is 44.4 Å². The summed E-state index contributed by atoms with van der Waals surface area (Å²) in [5.41, 5.74) is 4.63. The number of nitrogen functional groups attached to an aromatic ring is 1. The van der Waals surface area contributed by atoms with Crippen LogP contribution >= 0.6 is 0 Å². The minimum atomic E-state index is -4.59. The minimum absolute atomic E-state index is 0.00746. The Hall–Kier alpha value is -2.36. The topological polar surface area (TPSA) is 101 Å². The van der Waals surface area contributed by atoms with Crippen LogP contribution in [0.5, 0.6) is 0 Å². The summed E-state index contributed by atoms with van der Waals surface area (Å²) in [6.07, 6.45) is -1.90. The highest BCUT2D eigenvalue weighted by Gasteiger charge is 2.37. The summed E-state index contributed by atoms with van der Waals surface area (Å²) < 4.78 is 45.7. The maximum atomic E-state index is 13.4. The first-order valence-corrected chi connectivity index (χ1v) is 8.38. The molecule has 0 fully saturated rings. The summed E-state index contributed by atoms with van der Waals surface area (Å²) in [4.78, 5) is 5.54. The first-order chi connectivity index (χ1) is 12.3. The Morgan fingerprint density at radius 1 is 1.23 bits per heavy atom. The van der Waals surface area contributed by atoms with Crippen molar-refractivity contribution in [2.24, 2.45) is 0 Å². The van der Waals surface area contributed by atoms with Crippen molar-refractivity contribution in [3.63, 3.8) is 0 Å². The van der Waals surface area contributed by atoms with Crippen molar-refractivity contribution in [1.82, 2.24) is 15.2 Å². The van der Waals surface area contributed by atoms with Crippen LogP contribution in [0.3, 0.4) is 0 Å². The summed E-state index contributed by atoms with van der Waals surface area (Å²) >= 11 is 0. The first kappa shape index (κ1) is 18.4. The van der Waals surface area contributed by atoms with E-state index in [0.29, 0.717) is 19.4 Å². The summed E-state index contributed by atoms with van der Waals surface area (Å²) in [5.74, 6) is -0.343. The van der Waals surface area contributed by atoms with Crippen molar-refractivity contribution in [1.29, 1.82) is 0 Å². The van der Waals surface area contributed by atoms with Gasteiger partial charge in [-0.25, -0.2) is 4.98 Å². The number of nitrogens with zero attached hydrogens (tertiary/aromatic N) is 4. The van der Waals surface area contributed by atoms with E-state index >= 15 is 0 Å². The molecule has 0 amide bonds. The zero-order chi connectivity index (χ0) is 18.9. The van der Waals surface area contributed by atoms with E-state index < -0.39 is 17.8 Å². The predicted molar refractivity (Wildman–Crippen MR) is 88.3 cm³/mol. The molecule has 2 aromatic rings. The molecule has 3 heterocycles. The fourth-order valence-electron chi connectivity index (χ4n) is 2.92. The van der Waals surface area contributed by atoms with Gasteiger partial charge in [0.2, 0.25) is 5.89 Å². The van der Waals surface area contributed by atoms with E-state index in [1.165, 1.54) is 4.90 Å². The molecule has 26 heavy (non-hydrogen) atoms. The number of fused-ring (bicyclic) bond motifs is 5. The van der Waals surface area contributed by atoms with E-state index in [4.69, 9.17) is 10.2 Å². The molecule has 2 aromatic heterocycles. The third kappa shape index (κ3) is 3.74. The van der Waals surface area contributed by atoms with Crippen LogP contribution in [0.1, 0.15) is 49.7 Å². The molecule has 0 radical (unpaired) electrons. The van der Waals surface area contributed by atoms with Gasteiger partial charge in [0, 0.05) is 13.6 Å². The highest BCUT2D eigenvalue weighted by Crippen LogP contribution is 2.39. The van der Waals surface area contributed by atoms with Gasteiger partial charge in [0.1, 0.15) is 17.5 Å². The Morgan fingerprint density at radius 3 is 2.69 bits per heavy atom. The molecule has 4 bridgehead atoms. The number of aromatic nitrogens is 3. The molecule has 3 N–H and O–H groups in total. The van der Waals surface area contributed by atoms with Gasteiger partial charge in [-0.15, -0.1) is 10.2 Å². The number of nitrogens with two attached hydrogens (primary N) is 1. The van der Waals surface area contributed by atoms with Crippen LogP contribution < -0.4 is 10.6 Å². The smallest absolute Gasteiger partial charge is 0.416 e. The van der Waals surface area contributed by atoms with Crippen molar-refractivity contribution >= 4 is 11.5 Å². The number of rotatable bonds is 0. The van der Waals surface area contributed by atoms with Crippen molar-refractivity contribution in [2.75, 3.05) is 24.2 Å². The third-order valence-electron chi connectivity index (χ3n) is 4.35. The Labute approximate surface area is 148 Å². The summed E-state index contributed by atoms with van der Waals surface area (Å²) in [6, 6.07) is 0.834. The van der Waals surface area contributed by atoms with Gasteiger partial charge in [-0.3, -0.25) is 0 Å². The Kier molecular flexibility index (Phi) is 5.03. The molecular weight excluding hydrogens is 351 g/mol. The number of aliphatic hydroxyl groups is 1. The van der Waals surface area contributed by atoms with Gasteiger partial charge in [0.15, 0.2) is 5.69 Å². The molecule has 10 heteroatoms. The second kappa shape index (κ2) is 7.10. The quantitative estimate of drug-likeness (QED) is 0.733. The zero-order valence-electron chi connectivity index (χ0n) is 14.3. The SMILES string of the molecule is CN1CCCCCCC(O)c2nnc(o2)-c2nc1c(C(F)(F)F)cc2N. The summed E-state index contributed by atoms with van der Waals surface area (Å²) in [6.45, 7) is 0.414. The lowest BCUT2D eigenvalue weighted by atomic mass is 10.1. The molecule has 3 rings (SSSR count). The molecule has 0 aromatic carbocycles. The van der Waals surface area contributed by atoms with Crippen LogP contribution in [0.15, 0.2) is 10.5 Å². The largest absolute Gasteiger partial charge is 0.420 e. The molecule has 1 aliphatic heterocycles. The van der Waals surface area contributed by atoms with Crippen molar-refractivity contribution in [3.05, 3.63) is 17.5 Å². The lowest BCUT2D eigenvalue weighted by Crippen LogP contribution is -2.24. The number of alkyl halides is 3. The summed E-state index contributed by atoms with van der Waals surface area (Å²) in [7, 11) is 1.56. The van der Waals surface area contributed by atoms with E-state index in [-0.39, 0.29) is 29.0 Å². The molecule has 0 saturated carbocycles. The van der Waals surface area contributed by atoms with Crippen LogP contribution in [0, 0.1) is 0 Å². The van der Waals surface area contributed by atoms with Gasteiger partial charge in [0.25, 0.3) is 5.89 Å². The lowest BCUT2D eigenvalue weighted by molar-refractivity contribution is -0.137. The molecule has 0 spiro atoms. The van der Waals surface area contributed by atoms with Gasteiger partial charge < -0.3 is 20.2 Å².